The minimum atomic E-state index is -0.954. The van der Waals surface area contributed by atoms with Gasteiger partial charge >= 0.3 is 17.8 Å². The Hall–Kier alpha value is -2.15. The summed E-state index contributed by atoms with van der Waals surface area (Å²) in [6, 6.07) is 2.96. The van der Waals surface area contributed by atoms with Gasteiger partial charge in [0.2, 0.25) is 0 Å². The highest BCUT2D eigenvalue weighted by Crippen LogP contribution is 2.09. The summed E-state index contributed by atoms with van der Waals surface area (Å²) in [5.74, 6) is -2.32. The van der Waals surface area contributed by atoms with Gasteiger partial charge in [-0.1, -0.05) is 11.6 Å². The smallest absolute Gasteiger partial charge is 0.325 e. The number of amides is 2. The zero-order valence-corrected chi connectivity index (χ0v) is 10.9. The molecule has 7 nitrogen and oxygen atoms in total. The number of carbonyl (C=O) groups excluding carboxylic acids is 3. The van der Waals surface area contributed by atoms with E-state index in [0.29, 0.717) is 5.02 Å². The van der Waals surface area contributed by atoms with E-state index < -0.39 is 17.8 Å². The van der Waals surface area contributed by atoms with Gasteiger partial charge in [0, 0.05) is 6.20 Å². The van der Waals surface area contributed by atoms with E-state index in [9.17, 15) is 14.4 Å². The summed E-state index contributed by atoms with van der Waals surface area (Å²) >= 11 is 5.62. The maximum Gasteiger partial charge on any atom is 0.325 e. The number of anilines is 1. The van der Waals surface area contributed by atoms with Gasteiger partial charge in [0.1, 0.15) is 12.4 Å². The third kappa shape index (κ3) is 5.35. The summed E-state index contributed by atoms with van der Waals surface area (Å²) in [6.07, 6.45) is 1.33. The van der Waals surface area contributed by atoms with Gasteiger partial charge in [-0.25, -0.2) is 4.98 Å². The highest BCUT2D eigenvalue weighted by Gasteiger charge is 2.15. The molecule has 0 fully saturated rings. The zero-order valence-electron chi connectivity index (χ0n) is 10.1. The van der Waals surface area contributed by atoms with E-state index in [-0.39, 0.29) is 19.0 Å². The molecule has 1 aromatic rings. The van der Waals surface area contributed by atoms with Crippen LogP contribution in [-0.4, -0.2) is 35.9 Å². The average molecular weight is 286 g/mol. The molecule has 1 aromatic heterocycles. The first kappa shape index (κ1) is 14.9. The van der Waals surface area contributed by atoms with Gasteiger partial charge in [0.05, 0.1) is 11.6 Å². The number of hydrogen-bond acceptors (Lipinski definition) is 5. The number of aromatic nitrogens is 1. The first-order valence-electron chi connectivity index (χ1n) is 5.39. The Bertz CT molecular complexity index is 475. The maximum absolute atomic E-state index is 11.4. The van der Waals surface area contributed by atoms with Crippen molar-refractivity contribution >= 4 is 35.2 Å². The van der Waals surface area contributed by atoms with Crippen molar-refractivity contribution in [3.05, 3.63) is 23.4 Å². The van der Waals surface area contributed by atoms with Crippen LogP contribution in [0.3, 0.4) is 0 Å². The molecule has 0 unspecified atom stereocenters. The summed E-state index contributed by atoms with van der Waals surface area (Å²) in [5, 5.41) is 4.78. The number of esters is 1. The first-order chi connectivity index (χ1) is 9.02. The minimum Gasteiger partial charge on any atom is -0.465 e. The molecule has 0 saturated carbocycles. The third-order valence-electron chi connectivity index (χ3n) is 1.87. The van der Waals surface area contributed by atoms with Crippen molar-refractivity contribution in [3.8, 4) is 0 Å². The molecule has 1 heterocycles. The van der Waals surface area contributed by atoms with Crippen LogP contribution in [0.2, 0.25) is 5.02 Å². The van der Waals surface area contributed by atoms with Crippen molar-refractivity contribution in [2.45, 2.75) is 6.92 Å². The van der Waals surface area contributed by atoms with Crippen LogP contribution in [-0.2, 0) is 19.1 Å². The second kappa shape index (κ2) is 7.32. The lowest BCUT2D eigenvalue weighted by atomic mass is 10.4. The summed E-state index contributed by atoms with van der Waals surface area (Å²) in [4.78, 5) is 37.5. The standard InChI is InChI=1S/C11H12ClN3O4/c1-2-19-9(16)6-14-10(17)11(18)15-8-4-3-7(12)5-13-8/h3-5H,2,6H2,1H3,(H,14,17)(H,13,15,18). The van der Waals surface area contributed by atoms with Crippen molar-refractivity contribution in [2.75, 3.05) is 18.5 Å². The van der Waals surface area contributed by atoms with E-state index in [4.69, 9.17) is 11.6 Å². The molecule has 2 amide bonds. The molecule has 0 atom stereocenters. The van der Waals surface area contributed by atoms with Crippen LogP contribution >= 0.6 is 11.6 Å². The fourth-order valence-corrected chi connectivity index (χ4v) is 1.18. The molecule has 0 aliphatic heterocycles. The molecule has 19 heavy (non-hydrogen) atoms. The van der Waals surface area contributed by atoms with Crippen molar-refractivity contribution < 1.29 is 19.1 Å². The van der Waals surface area contributed by atoms with E-state index in [0.717, 1.165) is 0 Å². The second-order valence-corrected chi connectivity index (χ2v) is 3.74. The molecular weight excluding hydrogens is 274 g/mol. The van der Waals surface area contributed by atoms with Crippen LogP contribution in [0.25, 0.3) is 0 Å². The Labute approximate surface area is 114 Å². The Morgan fingerprint density at radius 3 is 2.63 bits per heavy atom. The van der Waals surface area contributed by atoms with Gasteiger partial charge in [0.25, 0.3) is 0 Å². The van der Waals surface area contributed by atoms with Crippen LogP contribution in [0.1, 0.15) is 6.92 Å². The first-order valence-corrected chi connectivity index (χ1v) is 5.77. The van der Waals surface area contributed by atoms with E-state index >= 15 is 0 Å². The number of carbonyl (C=O) groups is 3. The number of rotatable bonds is 4. The normalized spacial score (nSPS) is 9.58. The topological polar surface area (TPSA) is 97.4 Å². The fourth-order valence-electron chi connectivity index (χ4n) is 1.07. The SMILES string of the molecule is CCOC(=O)CNC(=O)C(=O)Nc1ccc(Cl)cn1. The summed E-state index contributed by atoms with van der Waals surface area (Å²) in [5.41, 5.74) is 0. The highest BCUT2D eigenvalue weighted by molar-refractivity contribution is 6.39. The molecule has 8 heteroatoms. The Morgan fingerprint density at radius 1 is 1.32 bits per heavy atom. The fraction of sp³-hybridized carbons (Fsp3) is 0.273. The summed E-state index contributed by atoms with van der Waals surface area (Å²) < 4.78 is 4.59. The summed E-state index contributed by atoms with van der Waals surface area (Å²) in [7, 11) is 0. The Morgan fingerprint density at radius 2 is 2.05 bits per heavy atom. The lowest BCUT2D eigenvalue weighted by Crippen LogP contribution is -2.38. The molecule has 102 valence electrons. The number of pyridine rings is 1. The molecule has 2 N–H and O–H groups in total. The van der Waals surface area contributed by atoms with Gasteiger partial charge in [0.15, 0.2) is 0 Å². The van der Waals surface area contributed by atoms with Gasteiger partial charge in [-0.2, -0.15) is 0 Å². The van der Waals surface area contributed by atoms with Crippen LogP contribution in [0.4, 0.5) is 5.82 Å². The molecular formula is C11H12ClN3O4. The van der Waals surface area contributed by atoms with E-state index in [1.54, 1.807) is 6.92 Å². The largest absolute Gasteiger partial charge is 0.465 e. The molecule has 0 radical (unpaired) electrons. The van der Waals surface area contributed by atoms with Crippen LogP contribution in [0, 0.1) is 0 Å². The van der Waals surface area contributed by atoms with Crippen molar-refractivity contribution in [1.82, 2.24) is 10.3 Å². The average Bonchev–Trinajstić information content (AvgIpc) is 2.39. The van der Waals surface area contributed by atoms with E-state index in [2.05, 4.69) is 20.4 Å². The van der Waals surface area contributed by atoms with E-state index in [1.807, 2.05) is 0 Å². The molecule has 0 saturated heterocycles. The lowest BCUT2D eigenvalue weighted by Gasteiger charge is -2.05. The molecule has 0 aliphatic carbocycles. The van der Waals surface area contributed by atoms with Crippen molar-refractivity contribution in [1.29, 1.82) is 0 Å². The third-order valence-corrected chi connectivity index (χ3v) is 2.10. The summed E-state index contributed by atoms with van der Waals surface area (Å²) in [6.45, 7) is 1.47. The lowest BCUT2D eigenvalue weighted by molar-refractivity contribution is -0.144. The number of nitrogens with one attached hydrogen (secondary N) is 2. The van der Waals surface area contributed by atoms with Crippen LogP contribution < -0.4 is 10.6 Å². The predicted octanol–water partition coefficient (Wildman–Crippen LogP) is 0.353. The quantitative estimate of drug-likeness (QED) is 0.615. The number of hydrogen-bond donors (Lipinski definition) is 2. The monoisotopic (exact) mass is 285 g/mol. The van der Waals surface area contributed by atoms with Gasteiger partial charge in [-0.05, 0) is 19.1 Å². The molecule has 1 rings (SSSR count). The maximum atomic E-state index is 11.4. The molecule has 0 spiro atoms. The molecule has 0 aromatic carbocycles. The zero-order chi connectivity index (χ0) is 14.3. The van der Waals surface area contributed by atoms with Gasteiger partial charge in [-0.15, -0.1) is 0 Å². The Balaban J connectivity index is 2.42. The number of nitrogens with zero attached hydrogens (tertiary/aromatic N) is 1. The molecule has 0 aliphatic rings. The number of ether oxygens (including phenoxy) is 1. The van der Waals surface area contributed by atoms with Gasteiger partial charge < -0.3 is 15.4 Å². The predicted molar refractivity (Wildman–Crippen MR) is 67.5 cm³/mol. The minimum absolute atomic E-state index is 0.181. The van der Waals surface area contributed by atoms with Crippen molar-refractivity contribution in [3.63, 3.8) is 0 Å². The van der Waals surface area contributed by atoms with Crippen LogP contribution in [0.15, 0.2) is 18.3 Å². The van der Waals surface area contributed by atoms with Crippen LogP contribution in [0.5, 0.6) is 0 Å². The number of halogens is 1. The Kier molecular flexibility index (Phi) is 5.74. The molecule has 0 bridgehead atoms. The van der Waals surface area contributed by atoms with Crippen molar-refractivity contribution in [2.24, 2.45) is 0 Å². The van der Waals surface area contributed by atoms with E-state index in [1.165, 1.54) is 18.3 Å². The van der Waals surface area contributed by atoms with Gasteiger partial charge in [-0.3, -0.25) is 14.4 Å². The second-order valence-electron chi connectivity index (χ2n) is 3.30. The highest BCUT2D eigenvalue weighted by atomic mass is 35.5.